The minimum Gasteiger partial charge on any atom is -1.00 e. The molecule has 0 fully saturated rings. The second-order valence-electron chi connectivity index (χ2n) is 4.95. The number of aromatic nitrogens is 2. The Morgan fingerprint density at radius 3 is 2.61 bits per heavy atom. The molecule has 0 aliphatic carbocycles. The van der Waals surface area contributed by atoms with E-state index in [1.165, 1.54) is 0 Å². The number of hydrogen-bond acceptors (Lipinski definition) is 3. The van der Waals surface area contributed by atoms with Crippen molar-refractivity contribution in [2.75, 3.05) is 0 Å². The van der Waals surface area contributed by atoms with Crippen LogP contribution in [0.25, 0.3) is 21.8 Å². The maximum Gasteiger partial charge on any atom is 0.124 e. The first kappa shape index (κ1) is 18.4. The highest BCUT2D eigenvalue weighted by molar-refractivity contribution is 7.13. The number of halogens is 3. The lowest BCUT2D eigenvalue weighted by molar-refractivity contribution is -0.00000431. The van der Waals surface area contributed by atoms with Crippen molar-refractivity contribution >= 4 is 34.5 Å². The Hall–Kier alpha value is -0.940. The summed E-state index contributed by atoms with van der Waals surface area (Å²) in [5, 5.41) is 4.12. The fourth-order valence-electron chi connectivity index (χ4n) is 2.20. The van der Waals surface area contributed by atoms with Crippen molar-refractivity contribution in [3.05, 3.63) is 57.6 Å². The van der Waals surface area contributed by atoms with Crippen LogP contribution in [0.4, 0.5) is 0 Å². The second kappa shape index (κ2) is 8.25. The number of rotatable bonds is 4. The molecule has 0 unspecified atom stereocenters. The molecule has 0 atom stereocenters. The summed E-state index contributed by atoms with van der Waals surface area (Å²) in [7, 11) is 0. The third kappa shape index (κ3) is 4.32. The topological polar surface area (TPSA) is 25.8 Å². The molecule has 0 saturated heterocycles. The van der Waals surface area contributed by atoms with Gasteiger partial charge in [0.2, 0.25) is 0 Å². The maximum absolute atomic E-state index is 6.08. The summed E-state index contributed by atoms with van der Waals surface area (Å²) in [6.07, 6.45) is 3.92. The van der Waals surface area contributed by atoms with Gasteiger partial charge in [-0.25, -0.2) is 4.98 Å². The molecular weight excluding hydrogens is 415 g/mol. The van der Waals surface area contributed by atoms with E-state index in [9.17, 15) is 0 Å². The van der Waals surface area contributed by atoms with Gasteiger partial charge in [-0.3, -0.25) is 4.98 Å². The predicted molar refractivity (Wildman–Crippen MR) is 94.8 cm³/mol. The Labute approximate surface area is 160 Å². The Kier molecular flexibility index (Phi) is 6.60. The van der Waals surface area contributed by atoms with Gasteiger partial charge >= 0.3 is 0 Å². The summed E-state index contributed by atoms with van der Waals surface area (Å²) >= 11 is 13.7. The zero-order valence-electron chi connectivity index (χ0n) is 12.4. The monoisotopic (exact) mass is 427 g/mol. The van der Waals surface area contributed by atoms with Crippen LogP contribution in [0.2, 0.25) is 10.0 Å². The van der Waals surface area contributed by atoms with E-state index in [4.69, 9.17) is 28.2 Å². The van der Waals surface area contributed by atoms with Crippen LogP contribution in [0.1, 0.15) is 19.0 Å². The first-order chi connectivity index (χ1) is 10.7. The van der Waals surface area contributed by atoms with E-state index in [1.54, 1.807) is 17.4 Å². The minimum absolute atomic E-state index is 0. The number of thiazole rings is 1. The molecule has 3 aromatic rings. The van der Waals surface area contributed by atoms with Gasteiger partial charge in [0.25, 0.3) is 0 Å². The number of nitrogens with zero attached hydrogens (tertiary/aromatic N) is 2. The molecule has 120 valence electrons. The van der Waals surface area contributed by atoms with E-state index in [0.29, 0.717) is 10.0 Å². The number of hydrogen-bond donors (Lipinski definition) is 0. The second-order valence-corrected chi connectivity index (χ2v) is 6.63. The molecule has 0 aliphatic heterocycles. The van der Waals surface area contributed by atoms with Gasteiger partial charge in [-0.05, 0) is 30.7 Å². The molecule has 3 rings (SSSR count). The summed E-state index contributed by atoms with van der Waals surface area (Å²) < 4.78 is 0. The number of benzene rings is 1. The van der Waals surface area contributed by atoms with Gasteiger partial charge in [0.05, 0.1) is 15.7 Å². The van der Waals surface area contributed by atoms with E-state index in [-0.39, 0.29) is 17.0 Å². The summed E-state index contributed by atoms with van der Waals surface area (Å²) in [6, 6.07) is 9.68. The maximum atomic E-state index is 6.08. The number of aryl methyl sites for hydroxylation is 1. The van der Waals surface area contributed by atoms with Gasteiger partial charge in [-0.15, -0.1) is 11.3 Å². The summed E-state index contributed by atoms with van der Waals surface area (Å²) in [5.74, 6) is 0. The van der Waals surface area contributed by atoms with Crippen molar-refractivity contribution in [1.29, 1.82) is 0 Å². The van der Waals surface area contributed by atoms with Gasteiger partial charge in [-0.1, -0.05) is 42.6 Å². The van der Waals surface area contributed by atoms with E-state index in [0.717, 1.165) is 40.4 Å². The molecule has 6 heteroatoms. The van der Waals surface area contributed by atoms with Gasteiger partial charge in [-0.2, -0.15) is 0 Å². The molecule has 2 nitrogen and oxygen atoms in total. The van der Waals surface area contributed by atoms with Crippen LogP contribution >= 0.6 is 34.5 Å². The van der Waals surface area contributed by atoms with Crippen molar-refractivity contribution in [2.24, 2.45) is 0 Å². The molecule has 0 spiro atoms. The van der Waals surface area contributed by atoms with Gasteiger partial charge in [0, 0.05) is 28.4 Å². The van der Waals surface area contributed by atoms with Crippen LogP contribution in [0, 0.1) is 0 Å². The van der Waals surface area contributed by atoms with Crippen LogP contribution < -0.4 is 17.0 Å². The molecule has 0 amide bonds. The van der Waals surface area contributed by atoms with Crippen molar-refractivity contribution in [1.82, 2.24) is 9.97 Å². The molecule has 0 saturated carbocycles. The molecule has 0 radical (unpaired) electrons. The van der Waals surface area contributed by atoms with Crippen molar-refractivity contribution < 1.29 is 17.0 Å². The van der Waals surface area contributed by atoms with E-state index < -0.39 is 0 Å². The predicted octanol–water partition coefficient (Wildman–Crippen LogP) is 3.14. The molecule has 0 N–H and O–H groups in total. The lowest BCUT2D eigenvalue weighted by Crippen LogP contribution is -3.00. The van der Waals surface area contributed by atoms with E-state index >= 15 is 0 Å². The highest BCUT2D eigenvalue weighted by atomic mass is 79.9. The van der Waals surface area contributed by atoms with E-state index in [2.05, 4.69) is 18.0 Å². The fraction of sp³-hybridized carbons (Fsp3) is 0.176. The Morgan fingerprint density at radius 2 is 1.87 bits per heavy atom. The normalized spacial score (nSPS) is 10.4. The average molecular weight is 429 g/mol. The minimum atomic E-state index is 0. The standard InChI is InChI=1S/C17H14Cl2N2S.BrH/c1-2-3-13-8-12(6-7-20-13)17-21-16(10-22-17)11-4-5-14(18)15(19)9-11;/h4-10H,2-3H2,1H3;1H/p-1. The zero-order valence-corrected chi connectivity index (χ0v) is 16.3. The summed E-state index contributed by atoms with van der Waals surface area (Å²) in [4.78, 5) is 9.10. The Balaban J connectivity index is 0.00000192. The van der Waals surface area contributed by atoms with Gasteiger partial charge in [0.15, 0.2) is 0 Å². The smallest absolute Gasteiger partial charge is 0.124 e. The first-order valence-electron chi connectivity index (χ1n) is 7.03. The van der Waals surface area contributed by atoms with Crippen molar-refractivity contribution in [3.63, 3.8) is 0 Å². The van der Waals surface area contributed by atoms with Crippen molar-refractivity contribution in [3.8, 4) is 21.8 Å². The molecular formula is C17H14BrCl2N2S-. The van der Waals surface area contributed by atoms with Crippen LogP contribution in [0.5, 0.6) is 0 Å². The van der Waals surface area contributed by atoms with Crippen LogP contribution in [0.15, 0.2) is 41.9 Å². The fourth-order valence-corrected chi connectivity index (χ4v) is 3.32. The van der Waals surface area contributed by atoms with Crippen LogP contribution in [-0.4, -0.2) is 9.97 Å². The lowest BCUT2D eigenvalue weighted by atomic mass is 10.1. The van der Waals surface area contributed by atoms with Crippen molar-refractivity contribution in [2.45, 2.75) is 19.8 Å². The van der Waals surface area contributed by atoms with Gasteiger partial charge in [0.1, 0.15) is 5.01 Å². The van der Waals surface area contributed by atoms with Crippen LogP contribution in [-0.2, 0) is 6.42 Å². The Morgan fingerprint density at radius 1 is 1.04 bits per heavy atom. The third-order valence-corrected chi connectivity index (χ3v) is 4.92. The third-order valence-electron chi connectivity index (χ3n) is 3.29. The zero-order chi connectivity index (χ0) is 15.5. The highest BCUT2D eigenvalue weighted by Gasteiger charge is 2.09. The summed E-state index contributed by atoms with van der Waals surface area (Å²) in [6.45, 7) is 2.15. The largest absolute Gasteiger partial charge is 1.00 e. The van der Waals surface area contributed by atoms with Crippen LogP contribution in [0.3, 0.4) is 0 Å². The first-order valence-corrected chi connectivity index (χ1v) is 8.67. The van der Waals surface area contributed by atoms with E-state index in [1.807, 2.05) is 29.8 Å². The average Bonchev–Trinajstić information content (AvgIpc) is 3.01. The quantitative estimate of drug-likeness (QED) is 0.637. The molecule has 23 heavy (non-hydrogen) atoms. The molecule has 2 heterocycles. The SMILES string of the molecule is CCCc1cc(-c2nc(-c3ccc(Cl)c(Cl)c3)cs2)ccn1.[Br-]. The molecule has 0 aliphatic rings. The highest BCUT2D eigenvalue weighted by Crippen LogP contribution is 2.32. The number of pyridine rings is 1. The molecule has 0 bridgehead atoms. The lowest BCUT2D eigenvalue weighted by Gasteiger charge is -2.01. The van der Waals surface area contributed by atoms with Gasteiger partial charge < -0.3 is 17.0 Å². The summed E-state index contributed by atoms with van der Waals surface area (Å²) in [5.41, 5.74) is 4.09. The Bertz CT molecular complexity index is 805. The molecule has 1 aromatic carbocycles. The molecule has 2 aromatic heterocycles.